The molecule has 3 rings (SSSR count). The average Bonchev–Trinajstić information content (AvgIpc) is 2.63. The van der Waals surface area contributed by atoms with E-state index in [0.29, 0.717) is 17.3 Å². The van der Waals surface area contributed by atoms with Gasteiger partial charge in [0.1, 0.15) is 5.69 Å². The van der Waals surface area contributed by atoms with Gasteiger partial charge >= 0.3 is 0 Å². The zero-order valence-corrected chi connectivity index (χ0v) is 13.5. The number of carbonyl (C=O) groups is 1. The molecule has 24 heavy (non-hydrogen) atoms. The molecule has 1 aromatic carbocycles. The van der Waals surface area contributed by atoms with Gasteiger partial charge in [0.25, 0.3) is 5.91 Å². The highest BCUT2D eigenvalue weighted by atomic mass is 35.5. The Morgan fingerprint density at radius 3 is 2.46 bits per heavy atom. The van der Waals surface area contributed by atoms with E-state index in [1.807, 2.05) is 24.3 Å². The van der Waals surface area contributed by atoms with Crippen LogP contribution in [0.3, 0.4) is 0 Å². The van der Waals surface area contributed by atoms with Crippen LogP contribution in [0.15, 0.2) is 67.1 Å². The smallest absolute Gasteiger partial charge is 0.270 e. The van der Waals surface area contributed by atoms with Gasteiger partial charge in [-0.1, -0.05) is 17.7 Å². The lowest BCUT2D eigenvalue weighted by atomic mass is 10.2. The van der Waals surface area contributed by atoms with E-state index >= 15 is 0 Å². The molecule has 0 saturated carbocycles. The normalized spacial score (nSPS) is 10.2. The first-order chi connectivity index (χ1) is 11.7. The predicted molar refractivity (Wildman–Crippen MR) is 94.4 cm³/mol. The molecule has 0 aliphatic heterocycles. The van der Waals surface area contributed by atoms with Crippen molar-refractivity contribution in [2.75, 3.05) is 5.32 Å². The number of amides is 1. The molecule has 1 amide bonds. The summed E-state index contributed by atoms with van der Waals surface area (Å²) < 4.78 is 0. The first kappa shape index (κ1) is 16.0. The van der Waals surface area contributed by atoms with Gasteiger partial charge in [-0.3, -0.25) is 9.78 Å². The van der Waals surface area contributed by atoms with E-state index < -0.39 is 0 Å². The molecule has 2 N–H and O–H groups in total. The number of carbonyl (C=O) groups excluding carboxylic acids is 1. The van der Waals surface area contributed by atoms with Crippen molar-refractivity contribution in [1.82, 2.24) is 15.3 Å². The minimum atomic E-state index is -0.225. The molecule has 0 bridgehead atoms. The average molecular weight is 339 g/mol. The van der Waals surface area contributed by atoms with Gasteiger partial charge in [-0.05, 0) is 48.0 Å². The van der Waals surface area contributed by atoms with Crippen molar-refractivity contribution >= 4 is 28.9 Å². The van der Waals surface area contributed by atoms with Gasteiger partial charge in [-0.25, -0.2) is 4.98 Å². The monoisotopic (exact) mass is 338 g/mol. The Hall–Kier alpha value is -2.92. The molecule has 120 valence electrons. The van der Waals surface area contributed by atoms with Gasteiger partial charge in [0, 0.05) is 29.6 Å². The molecular formula is C18H15ClN4O. The molecule has 0 aliphatic rings. The van der Waals surface area contributed by atoms with Crippen LogP contribution >= 0.6 is 11.6 Å². The Morgan fingerprint density at radius 1 is 1.00 bits per heavy atom. The summed E-state index contributed by atoms with van der Waals surface area (Å²) in [7, 11) is 0. The van der Waals surface area contributed by atoms with E-state index in [9.17, 15) is 4.79 Å². The second-order valence-corrected chi connectivity index (χ2v) is 5.54. The predicted octanol–water partition coefficient (Wildman–Crippen LogP) is 3.80. The summed E-state index contributed by atoms with van der Waals surface area (Å²) in [6, 6.07) is 14.6. The fraction of sp³-hybridized carbons (Fsp3) is 0.0556. The number of benzene rings is 1. The van der Waals surface area contributed by atoms with Crippen LogP contribution in [-0.4, -0.2) is 15.9 Å². The fourth-order valence-corrected chi connectivity index (χ4v) is 2.20. The summed E-state index contributed by atoms with van der Waals surface area (Å²) in [5.41, 5.74) is 2.99. The Kier molecular flexibility index (Phi) is 5.03. The van der Waals surface area contributed by atoms with E-state index in [1.54, 1.807) is 42.9 Å². The number of pyridine rings is 2. The molecular weight excluding hydrogens is 324 g/mol. The maximum absolute atomic E-state index is 12.1. The van der Waals surface area contributed by atoms with E-state index in [1.165, 1.54) is 0 Å². The van der Waals surface area contributed by atoms with Crippen molar-refractivity contribution in [1.29, 1.82) is 0 Å². The number of nitrogens with one attached hydrogen (secondary N) is 2. The standard InChI is InChI=1S/C18H15ClN4O/c19-14-3-5-15(6-4-14)23-16-7-8-17(21-12-16)18(24)22-11-13-2-1-9-20-10-13/h1-10,12,23H,11H2,(H,22,24). The van der Waals surface area contributed by atoms with Gasteiger partial charge in [0.15, 0.2) is 0 Å². The summed E-state index contributed by atoms with van der Waals surface area (Å²) >= 11 is 5.86. The summed E-state index contributed by atoms with van der Waals surface area (Å²) in [6.07, 6.45) is 5.03. The first-order valence-corrected chi connectivity index (χ1v) is 7.74. The lowest BCUT2D eigenvalue weighted by Gasteiger charge is -2.08. The third-order valence-corrected chi connectivity index (χ3v) is 3.56. The van der Waals surface area contributed by atoms with E-state index in [-0.39, 0.29) is 5.91 Å². The zero-order chi connectivity index (χ0) is 16.8. The Balaban J connectivity index is 1.59. The van der Waals surface area contributed by atoms with Crippen LogP contribution in [0.5, 0.6) is 0 Å². The lowest BCUT2D eigenvalue weighted by molar-refractivity contribution is 0.0946. The van der Waals surface area contributed by atoms with Crippen LogP contribution < -0.4 is 10.6 Å². The minimum absolute atomic E-state index is 0.225. The van der Waals surface area contributed by atoms with Crippen LogP contribution in [-0.2, 0) is 6.54 Å². The number of hydrogen-bond donors (Lipinski definition) is 2. The third-order valence-electron chi connectivity index (χ3n) is 3.30. The quantitative estimate of drug-likeness (QED) is 0.742. The van der Waals surface area contributed by atoms with Crippen molar-refractivity contribution in [3.05, 3.63) is 83.4 Å². The highest BCUT2D eigenvalue weighted by Crippen LogP contribution is 2.18. The van der Waals surface area contributed by atoms with Crippen molar-refractivity contribution in [2.45, 2.75) is 6.54 Å². The number of aromatic nitrogens is 2. The highest BCUT2D eigenvalue weighted by molar-refractivity contribution is 6.30. The molecule has 0 spiro atoms. The van der Waals surface area contributed by atoms with Crippen LogP contribution in [0.25, 0.3) is 0 Å². The molecule has 5 nitrogen and oxygen atoms in total. The van der Waals surface area contributed by atoms with Crippen LogP contribution in [0.2, 0.25) is 5.02 Å². The molecule has 6 heteroatoms. The van der Waals surface area contributed by atoms with E-state index in [0.717, 1.165) is 16.9 Å². The van der Waals surface area contributed by atoms with Gasteiger partial charge < -0.3 is 10.6 Å². The highest BCUT2D eigenvalue weighted by Gasteiger charge is 2.07. The minimum Gasteiger partial charge on any atom is -0.354 e. The zero-order valence-electron chi connectivity index (χ0n) is 12.7. The van der Waals surface area contributed by atoms with Gasteiger partial charge in [0.05, 0.1) is 11.9 Å². The Morgan fingerprint density at radius 2 is 1.79 bits per heavy atom. The molecule has 0 saturated heterocycles. The number of halogens is 1. The van der Waals surface area contributed by atoms with Crippen molar-refractivity contribution in [2.24, 2.45) is 0 Å². The largest absolute Gasteiger partial charge is 0.354 e. The first-order valence-electron chi connectivity index (χ1n) is 7.36. The van der Waals surface area contributed by atoms with Crippen LogP contribution in [0.1, 0.15) is 16.1 Å². The summed E-state index contributed by atoms with van der Waals surface area (Å²) in [6.45, 7) is 0.416. The maximum atomic E-state index is 12.1. The van der Waals surface area contributed by atoms with E-state index in [2.05, 4.69) is 20.6 Å². The van der Waals surface area contributed by atoms with E-state index in [4.69, 9.17) is 11.6 Å². The molecule has 0 atom stereocenters. The van der Waals surface area contributed by atoms with Gasteiger partial charge in [-0.15, -0.1) is 0 Å². The number of hydrogen-bond acceptors (Lipinski definition) is 4. The maximum Gasteiger partial charge on any atom is 0.270 e. The third kappa shape index (κ3) is 4.30. The van der Waals surface area contributed by atoms with Crippen molar-refractivity contribution < 1.29 is 4.79 Å². The molecule has 0 unspecified atom stereocenters. The molecule has 0 aliphatic carbocycles. The Bertz CT molecular complexity index is 805. The van der Waals surface area contributed by atoms with Crippen molar-refractivity contribution in [3.8, 4) is 0 Å². The van der Waals surface area contributed by atoms with Crippen LogP contribution in [0.4, 0.5) is 11.4 Å². The number of anilines is 2. The summed E-state index contributed by atoms with van der Waals surface area (Å²) in [5, 5.41) is 6.69. The second-order valence-electron chi connectivity index (χ2n) is 5.11. The number of nitrogens with zero attached hydrogens (tertiary/aromatic N) is 2. The molecule has 3 aromatic rings. The summed E-state index contributed by atoms with van der Waals surface area (Å²) in [4.78, 5) is 20.3. The molecule has 2 aromatic heterocycles. The second kappa shape index (κ2) is 7.57. The van der Waals surface area contributed by atoms with Gasteiger partial charge in [-0.2, -0.15) is 0 Å². The number of rotatable bonds is 5. The lowest BCUT2D eigenvalue weighted by Crippen LogP contribution is -2.23. The molecule has 0 fully saturated rings. The van der Waals surface area contributed by atoms with Crippen LogP contribution in [0, 0.1) is 0 Å². The topological polar surface area (TPSA) is 66.9 Å². The molecule has 0 radical (unpaired) electrons. The SMILES string of the molecule is O=C(NCc1cccnc1)c1ccc(Nc2ccc(Cl)cc2)cn1. The van der Waals surface area contributed by atoms with Gasteiger partial charge in [0.2, 0.25) is 0 Å². The van der Waals surface area contributed by atoms with Crippen molar-refractivity contribution in [3.63, 3.8) is 0 Å². The Labute approximate surface area is 144 Å². The molecule has 2 heterocycles. The fourth-order valence-electron chi connectivity index (χ4n) is 2.08. The summed E-state index contributed by atoms with van der Waals surface area (Å²) in [5.74, 6) is -0.225.